The average molecular weight is 611 g/mol. The molecule has 0 bridgehead atoms. The van der Waals surface area contributed by atoms with Gasteiger partial charge in [-0.2, -0.15) is 0 Å². The number of rotatable bonds is 3. The number of hydrogen-bond donors (Lipinski definition) is 3. The molecule has 6 aliphatic rings. The van der Waals surface area contributed by atoms with E-state index in [1.807, 2.05) is 0 Å². The minimum atomic E-state index is -1.28. The summed E-state index contributed by atoms with van der Waals surface area (Å²) in [6.45, 7) is 16.7. The molecule has 0 radical (unpaired) electrons. The Morgan fingerprint density at radius 2 is 1.63 bits per heavy atom. The van der Waals surface area contributed by atoms with Crippen LogP contribution in [-0.4, -0.2) is 58.6 Å². The zero-order valence-electron chi connectivity index (χ0n) is 27.9. The van der Waals surface area contributed by atoms with Crippen molar-refractivity contribution in [1.29, 1.82) is 0 Å². The first-order valence-electron chi connectivity index (χ1n) is 16.8. The van der Waals surface area contributed by atoms with E-state index in [-0.39, 0.29) is 69.8 Å². The van der Waals surface area contributed by atoms with Crippen molar-refractivity contribution in [2.75, 3.05) is 6.61 Å². The summed E-state index contributed by atoms with van der Waals surface area (Å²) in [7, 11) is 0. The monoisotopic (exact) mass is 610 g/mol. The van der Waals surface area contributed by atoms with Crippen molar-refractivity contribution >= 4 is 5.97 Å². The normalized spacial score (nSPS) is 54.0. The Labute approximate surface area is 280 Å². The predicted octanol–water partition coefficient (Wildman–Crippen LogP) is 1.22. The predicted molar refractivity (Wildman–Crippen MR) is 157 cm³/mol. The van der Waals surface area contributed by atoms with E-state index in [9.17, 15) is 25.2 Å². The Morgan fingerprint density at radius 1 is 0.930 bits per heavy atom. The minimum Gasteiger partial charge on any atom is -0.550 e. The number of carbonyl (C=O) groups excluding carboxylic acids is 1. The van der Waals surface area contributed by atoms with Gasteiger partial charge in [-0.1, -0.05) is 60.1 Å². The molecule has 1 saturated heterocycles. The van der Waals surface area contributed by atoms with Gasteiger partial charge in [-0.3, -0.25) is 0 Å². The molecular formula is C35H55NaO7. The maximum atomic E-state index is 12.8. The number of carbonyl (C=O) groups is 1. The van der Waals surface area contributed by atoms with Crippen molar-refractivity contribution in [2.45, 2.75) is 137 Å². The summed E-state index contributed by atoms with van der Waals surface area (Å²) in [4.78, 5) is 12.8. The van der Waals surface area contributed by atoms with Crippen LogP contribution >= 0.6 is 0 Å². The van der Waals surface area contributed by atoms with E-state index in [0.29, 0.717) is 23.7 Å². The summed E-state index contributed by atoms with van der Waals surface area (Å²) in [5.41, 5.74) is 0.665. The van der Waals surface area contributed by atoms with Crippen LogP contribution < -0.4 is 34.7 Å². The fraction of sp³-hybridized carbons (Fsp3) is 0.914. The average Bonchev–Trinajstić information content (AvgIpc) is 2.92. The van der Waals surface area contributed by atoms with Gasteiger partial charge in [0.25, 0.3) is 0 Å². The molecule has 0 spiro atoms. The number of carboxylic acids is 1. The maximum absolute atomic E-state index is 12.8. The van der Waals surface area contributed by atoms with Gasteiger partial charge in [-0.15, -0.1) is 0 Å². The number of hydrogen-bond acceptors (Lipinski definition) is 7. The largest absolute Gasteiger partial charge is 1.00 e. The fourth-order valence-electron chi connectivity index (χ4n) is 12.1. The number of ether oxygens (including phenoxy) is 2. The van der Waals surface area contributed by atoms with Crippen LogP contribution in [-0.2, 0) is 14.3 Å². The van der Waals surface area contributed by atoms with Crippen molar-refractivity contribution in [3.63, 3.8) is 0 Å². The van der Waals surface area contributed by atoms with Crippen LogP contribution in [0.25, 0.3) is 0 Å². The topological polar surface area (TPSA) is 119 Å². The molecule has 0 aromatic heterocycles. The van der Waals surface area contributed by atoms with E-state index in [1.54, 1.807) is 0 Å². The minimum absolute atomic E-state index is 0. The molecule has 1 aliphatic heterocycles. The third kappa shape index (κ3) is 4.67. The van der Waals surface area contributed by atoms with Crippen molar-refractivity contribution in [2.24, 2.45) is 56.7 Å². The van der Waals surface area contributed by atoms with Gasteiger partial charge in [0.1, 0.15) is 18.3 Å². The van der Waals surface area contributed by atoms with Gasteiger partial charge in [0.15, 0.2) is 6.29 Å². The molecule has 0 amide bonds. The van der Waals surface area contributed by atoms with Crippen molar-refractivity contribution in [3.8, 4) is 0 Å². The maximum Gasteiger partial charge on any atom is 1.00 e. The zero-order valence-corrected chi connectivity index (χ0v) is 29.9. The summed E-state index contributed by atoms with van der Waals surface area (Å²) in [5.74, 6) is 0.972. The molecule has 4 saturated carbocycles. The first kappa shape index (κ1) is 34.3. The summed E-state index contributed by atoms with van der Waals surface area (Å²) in [5, 5.41) is 43.6. The molecular weight excluding hydrogens is 555 g/mol. The second-order valence-electron chi connectivity index (χ2n) is 16.8. The van der Waals surface area contributed by atoms with E-state index >= 15 is 0 Å². The van der Waals surface area contributed by atoms with Crippen molar-refractivity contribution in [3.05, 3.63) is 11.6 Å². The number of fused-ring (bicyclic) bond motifs is 7. The van der Waals surface area contributed by atoms with E-state index < -0.39 is 36.0 Å². The Balaban J connectivity index is 0.00000368. The fourth-order valence-corrected chi connectivity index (χ4v) is 12.1. The quantitative estimate of drug-likeness (QED) is 0.250. The van der Waals surface area contributed by atoms with Crippen LogP contribution in [0.1, 0.15) is 106 Å². The summed E-state index contributed by atoms with van der Waals surface area (Å²) in [6, 6.07) is 0. The van der Waals surface area contributed by atoms with E-state index in [1.165, 1.54) is 5.57 Å². The molecule has 238 valence electrons. The Kier molecular flexibility index (Phi) is 9.04. The second-order valence-corrected chi connectivity index (χ2v) is 16.8. The molecule has 6 rings (SSSR count). The third-order valence-electron chi connectivity index (χ3n) is 15.1. The van der Waals surface area contributed by atoms with Gasteiger partial charge in [0.2, 0.25) is 0 Å². The van der Waals surface area contributed by atoms with Crippen LogP contribution in [0.3, 0.4) is 0 Å². The summed E-state index contributed by atoms with van der Waals surface area (Å²) < 4.78 is 12.1. The zero-order chi connectivity index (χ0) is 30.6. The number of aliphatic carboxylic acids is 1. The molecule has 0 aromatic rings. The molecule has 1 heterocycles. The van der Waals surface area contributed by atoms with Gasteiger partial charge in [0, 0.05) is 11.4 Å². The van der Waals surface area contributed by atoms with Gasteiger partial charge >= 0.3 is 29.6 Å². The summed E-state index contributed by atoms with van der Waals surface area (Å²) in [6.07, 6.45) is 6.13. The SMILES string of the molecule is C[C@H]1[C@H](C)CC[C@]2(C(=O)[O-])CC[C@]3(C)C(=CCC4[C@@]5(C)CC[C@H](O[C@@H]6OC[C@H](O)[C@H](O)[C@H]6O)C(C)(C)C5CC[C@]43C)[C@H]12.[Na+]. The molecule has 3 N–H and O–H groups in total. The molecule has 7 nitrogen and oxygen atoms in total. The van der Waals surface area contributed by atoms with Gasteiger partial charge < -0.3 is 34.7 Å². The Bertz CT molecular complexity index is 1130. The molecule has 5 fully saturated rings. The number of carboxylic acid groups (broad SMARTS) is 1. The van der Waals surface area contributed by atoms with E-state index in [2.05, 4.69) is 54.5 Å². The van der Waals surface area contributed by atoms with Crippen LogP contribution in [0.2, 0.25) is 0 Å². The second kappa shape index (κ2) is 11.3. The molecule has 0 aromatic carbocycles. The summed E-state index contributed by atoms with van der Waals surface area (Å²) >= 11 is 0. The molecule has 2 unspecified atom stereocenters. The Morgan fingerprint density at radius 3 is 2.30 bits per heavy atom. The molecule has 8 heteroatoms. The third-order valence-corrected chi connectivity index (χ3v) is 15.1. The molecule has 43 heavy (non-hydrogen) atoms. The van der Waals surface area contributed by atoms with Gasteiger partial charge in [-0.05, 0) is 109 Å². The van der Waals surface area contributed by atoms with Gasteiger partial charge in [0.05, 0.1) is 12.7 Å². The van der Waals surface area contributed by atoms with Crippen molar-refractivity contribution in [1.82, 2.24) is 0 Å². The van der Waals surface area contributed by atoms with Crippen LogP contribution in [0.4, 0.5) is 0 Å². The van der Waals surface area contributed by atoms with E-state index in [0.717, 1.165) is 57.8 Å². The molecule has 14 atom stereocenters. The number of aliphatic hydroxyl groups excluding tert-OH is 3. The van der Waals surface area contributed by atoms with Crippen molar-refractivity contribution < 1.29 is 64.3 Å². The first-order valence-corrected chi connectivity index (χ1v) is 16.8. The smallest absolute Gasteiger partial charge is 0.550 e. The standard InChI is InChI=1S/C35H56O7.Na/c1-19-10-15-35(30(39)40)17-16-33(6)21(26(35)20(19)2)8-9-24-32(5)13-12-25(31(3,4)23(32)11-14-34(24,33)7)42-29-28(38)27(37)22(36)18-41-29;/h8,19-20,22-29,36-38H,9-18H2,1-7H3,(H,39,40);/q;+1/p-1/t19-,20+,22+,23?,24?,25+,26+,27+,28-,29+,32+,33-,34-,35+;/m1./s1. The first-order chi connectivity index (χ1) is 19.5. The van der Waals surface area contributed by atoms with E-state index in [4.69, 9.17) is 9.47 Å². The number of aliphatic hydroxyl groups is 3. The van der Waals surface area contributed by atoms with Gasteiger partial charge in [-0.25, -0.2) is 0 Å². The Hall–Kier alpha value is 0.01000. The van der Waals surface area contributed by atoms with Crippen LogP contribution in [0, 0.1) is 56.7 Å². The van der Waals surface area contributed by atoms with Crippen LogP contribution in [0.15, 0.2) is 11.6 Å². The molecule has 5 aliphatic carbocycles. The van der Waals surface area contributed by atoms with Crippen LogP contribution in [0.5, 0.6) is 0 Å². The number of allylic oxidation sites excluding steroid dienone is 2.